The van der Waals surface area contributed by atoms with Crippen LogP contribution in [0.25, 0.3) is 0 Å². The number of nitrogens with zero attached hydrogens (tertiary/aromatic N) is 3. The average molecular weight is 341 g/mol. The van der Waals surface area contributed by atoms with Gasteiger partial charge in [0.05, 0.1) is 12.2 Å². The molecular weight excluding hydrogens is 318 g/mol. The summed E-state index contributed by atoms with van der Waals surface area (Å²) < 4.78 is 0. The number of fused-ring (bicyclic) bond motifs is 1. The summed E-state index contributed by atoms with van der Waals surface area (Å²) in [6, 6.07) is 8.27. The van der Waals surface area contributed by atoms with Gasteiger partial charge in [0.25, 0.3) is 5.91 Å². The summed E-state index contributed by atoms with van der Waals surface area (Å²) in [7, 11) is 0. The summed E-state index contributed by atoms with van der Waals surface area (Å²) >= 11 is 1.58. The highest BCUT2D eigenvalue weighted by Crippen LogP contribution is 2.30. The quantitative estimate of drug-likeness (QED) is 0.855. The van der Waals surface area contributed by atoms with E-state index in [4.69, 9.17) is 0 Å². The van der Waals surface area contributed by atoms with Crippen LogP contribution >= 0.6 is 11.3 Å². The van der Waals surface area contributed by atoms with E-state index in [1.54, 1.807) is 11.3 Å². The Labute approximate surface area is 147 Å². The lowest BCUT2D eigenvalue weighted by Crippen LogP contribution is -2.35. The molecule has 0 N–H and O–H groups in total. The summed E-state index contributed by atoms with van der Waals surface area (Å²) in [6.07, 6.45) is 4.64. The fraction of sp³-hybridized carbons (Fsp3) is 0.474. The van der Waals surface area contributed by atoms with E-state index in [2.05, 4.69) is 28.1 Å². The van der Waals surface area contributed by atoms with Crippen LogP contribution in [0.1, 0.15) is 45.2 Å². The zero-order chi connectivity index (χ0) is 16.5. The molecule has 0 atom stereocenters. The third-order valence-corrected chi connectivity index (χ3v) is 6.08. The third kappa shape index (κ3) is 2.98. The molecule has 5 heteroatoms. The van der Waals surface area contributed by atoms with E-state index in [-0.39, 0.29) is 5.91 Å². The van der Waals surface area contributed by atoms with E-state index >= 15 is 0 Å². The molecule has 1 aromatic carbocycles. The Morgan fingerprint density at radius 1 is 1.17 bits per heavy atom. The number of hydrogen-bond donors (Lipinski definition) is 0. The van der Waals surface area contributed by atoms with Gasteiger partial charge in [-0.1, -0.05) is 18.2 Å². The first-order valence-corrected chi connectivity index (χ1v) is 9.62. The van der Waals surface area contributed by atoms with Gasteiger partial charge in [-0.2, -0.15) is 0 Å². The fourth-order valence-corrected chi connectivity index (χ4v) is 4.77. The van der Waals surface area contributed by atoms with E-state index in [9.17, 15) is 4.79 Å². The smallest absolute Gasteiger partial charge is 0.270 e. The molecule has 4 rings (SSSR count). The van der Waals surface area contributed by atoms with Crippen molar-refractivity contribution >= 4 is 22.9 Å². The minimum absolute atomic E-state index is 0.116. The molecule has 0 radical (unpaired) electrons. The average Bonchev–Trinajstić information content (AvgIpc) is 3.23. The normalized spacial score (nSPS) is 18.0. The Morgan fingerprint density at radius 2 is 1.96 bits per heavy atom. The van der Waals surface area contributed by atoms with Crippen LogP contribution in [0.3, 0.4) is 0 Å². The zero-order valence-corrected chi connectivity index (χ0v) is 14.9. The Morgan fingerprint density at radius 3 is 2.79 bits per heavy atom. The van der Waals surface area contributed by atoms with Gasteiger partial charge in [0.15, 0.2) is 0 Å². The number of hydrogen-bond acceptors (Lipinski definition) is 4. The van der Waals surface area contributed by atoms with Crippen LogP contribution < -0.4 is 4.90 Å². The summed E-state index contributed by atoms with van der Waals surface area (Å²) in [5.41, 5.74) is 3.22. The molecular formula is C19H23N3OS. The summed E-state index contributed by atoms with van der Waals surface area (Å²) in [5, 5.41) is 1.07. The topological polar surface area (TPSA) is 36.4 Å². The number of para-hydroxylation sites is 1. The van der Waals surface area contributed by atoms with E-state index in [1.807, 2.05) is 17.9 Å². The number of benzene rings is 1. The largest absolute Gasteiger partial charge is 0.307 e. The monoisotopic (exact) mass is 341 g/mol. The van der Waals surface area contributed by atoms with Gasteiger partial charge in [0.1, 0.15) is 9.88 Å². The lowest BCUT2D eigenvalue weighted by molar-refractivity contribution is 0.0988. The fourth-order valence-electron chi connectivity index (χ4n) is 3.72. The maximum absolute atomic E-state index is 13.1. The van der Waals surface area contributed by atoms with Crippen LogP contribution in [0.5, 0.6) is 0 Å². The van der Waals surface area contributed by atoms with Crippen LogP contribution in [0.2, 0.25) is 0 Å². The number of amides is 1. The molecule has 0 spiro atoms. The molecule has 1 aromatic heterocycles. The highest BCUT2D eigenvalue weighted by atomic mass is 32.1. The van der Waals surface area contributed by atoms with Crippen molar-refractivity contribution in [3.05, 3.63) is 45.4 Å². The second-order valence-corrected chi connectivity index (χ2v) is 7.78. The number of anilines is 1. The summed E-state index contributed by atoms with van der Waals surface area (Å²) in [4.78, 5) is 23.0. The molecule has 2 aliphatic heterocycles. The van der Waals surface area contributed by atoms with Gasteiger partial charge in [-0.05, 0) is 57.3 Å². The maximum atomic E-state index is 13.1. The molecule has 1 amide bonds. The molecule has 0 unspecified atom stereocenters. The van der Waals surface area contributed by atoms with Crippen LogP contribution in [0.4, 0.5) is 5.69 Å². The van der Waals surface area contributed by atoms with Crippen LogP contribution in [-0.2, 0) is 13.0 Å². The lowest BCUT2D eigenvalue weighted by Gasteiger charge is -2.29. The highest BCUT2D eigenvalue weighted by Gasteiger charge is 2.27. The van der Waals surface area contributed by atoms with E-state index in [0.29, 0.717) is 0 Å². The number of likely N-dealkylation sites (tertiary alicyclic amines) is 1. The second-order valence-electron chi connectivity index (χ2n) is 6.69. The summed E-state index contributed by atoms with van der Waals surface area (Å²) in [6.45, 7) is 5.96. The van der Waals surface area contributed by atoms with Gasteiger partial charge in [0, 0.05) is 12.2 Å². The van der Waals surface area contributed by atoms with Gasteiger partial charge < -0.3 is 4.90 Å². The molecule has 4 nitrogen and oxygen atoms in total. The van der Waals surface area contributed by atoms with Gasteiger partial charge in [-0.3, -0.25) is 9.69 Å². The van der Waals surface area contributed by atoms with Crippen molar-refractivity contribution in [1.82, 2.24) is 9.88 Å². The van der Waals surface area contributed by atoms with Crippen LogP contribution in [0, 0.1) is 6.92 Å². The molecule has 126 valence electrons. The van der Waals surface area contributed by atoms with Gasteiger partial charge in [0.2, 0.25) is 0 Å². The van der Waals surface area contributed by atoms with Crippen molar-refractivity contribution in [1.29, 1.82) is 0 Å². The Bertz CT molecular complexity index is 749. The minimum Gasteiger partial charge on any atom is -0.307 e. The molecule has 2 aliphatic rings. The van der Waals surface area contributed by atoms with Crippen molar-refractivity contribution < 1.29 is 4.79 Å². The number of aryl methyl sites for hydroxylation is 2. The molecule has 0 saturated carbocycles. The standard InChI is InChI=1S/C19H23N3OS/c1-14-18(24-17(20-14)13-21-10-4-5-11-21)19(23)22-12-6-8-15-7-2-3-9-16(15)22/h2-3,7,9H,4-6,8,10-13H2,1H3. The number of carbonyl (C=O) groups excluding carboxylic acids is 1. The molecule has 3 heterocycles. The third-order valence-electron chi connectivity index (χ3n) is 4.95. The van der Waals surface area contributed by atoms with Crippen molar-refractivity contribution in [2.75, 3.05) is 24.5 Å². The molecule has 2 aromatic rings. The molecule has 1 saturated heterocycles. The first-order chi connectivity index (χ1) is 11.7. The maximum Gasteiger partial charge on any atom is 0.270 e. The van der Waals surface area contributed by atoms with Crippen molar-refractivity contribution in [3.8, 4) is 0 Å². The van der Waals surface area contributed by atoms with Gasteiger partial charge in [-0.25, -0.2) is 4.98 Å². The molecule has 1 fully saturated rings. The van der Waals surface area contributed by atoms with Crippen LogP contribution in [0.15, 0.2) is 24.3 Å². The number of aromatic nitrogens is 1. The number of carbonyl (C=O) groups is 1. The first kappa shape index (κ1) is 15.8. The Hall–Kier alpha value is -1.72. The van der Waals surface area contributed by atoms with E-state index in [1.165, 1.54) is 18.4 Å². The van der Waals surface area contributed by atoms with E-state index in [0.717, 1.165) is 60.3 Å². The predicted molar refractivity (Wildman–Crippen MR) is 97.8 cm³/mol. The summed E-state index contributed by atoms with van der Waals surface area (Å²) in [5.74, 6) is 0.116. The number of thiazole rings is 1. The molecule has 0 aliphatic carbocycles. The molecule has 24 heavy (non-hydrogen) atoms. The Kier molecular flexibility index (Phi) is 4.37. The van der Waals surface area contributed by atoms with Crippen molar-refractivity contribution in [2.24, 2.45) is 0 Å². The minimum atomic E-state index is 0.116. The zero-order valence-electron chi connectivity index (χ0n) is 14.1. The molecule has 0 bridgehead atoms. The predicted octanol–water partition coefficient (Wildman–Crippen LogP) is 3.64. The van der Waals surface area contributed by atoms with Gasteiger partial charge in [-0.15, -0.1) is 11.3 Å². The lowest BCUT2D eigenvalue weighted by atomic mass is 10.0. The second kappa shape index (κ2) is 6.65. The van der Waals surface area contributed by atoms with Crippen LogP contribution in [-0.4, -0.2) is 35.4 Å². The number of rotatable bonds is 3. The van der Waals surface area contributed by atoms with Crippen molar-refractivity contribution in [2.45, 2.75) is 39.2 Å². The Balaban J connectivity index is 1.58. The highest BCUT2D eigenvalue weighted by molar-refractivity contribution is 7.13. The van der Waals surface area contributed by atoms with Gasteiger partial charge >= 0.3 is 0 Å². The van der Waals surface area contributed by atoms with E-state index < -0.39 is 0 Å². The van der Waals surface area contributed by atoms with Crippen molar-refractivity contribution in [3.63, 3.8) is 0 Å². The SMILES string of the molecule is Cc1nc(CN2CCCC2)sc1C(=O)N1CCCc2ccccc21. The first-order valence-electron chi connectivity index (χ1n) is 8.81.